The molecule has 128 valence electrons. The van der Waals surface area contributed by atoms with Crippen LogP contribution in [0, 0.1) is 6.07 Å². The summed E-state index contributed by atoms with van der Waals surface area (Å²) in [6.45, 7) is 3.46. The Balaban J connectivity index is 0.000000230. The second kappa shape index (κ2) is 12.5. The SMILES string of the molecule is CCOc1cc[c-]c2cccnc12.C[N-]Cc1ccccc1.[O]=[Os]. The normalized spacial score (nSPS) is 9.29. The van der Waals surface area contributed by atoms with Gasteiger partial charge in [-0.25, -0.2) is 0 Å². The molecular formula is C19H20N2O2Os-2. The molecule has 4 nitrogen and oxygen atoms in total. The molecule has 0 radical (unpaired) electrons. The van der Waals surface area contributed by atoms with Gasteiger partial charge in [0.2, 0.25) is 0 Å². The number of nitrogens with zero attached hydrogens (tertiary/aromatic N) is 2. The van der Waals surface area contributed by atoms with Crippen molar-refractivity contribution in [1.29, 1.82) is 0 Å². The summed E-state index contributed by atoms with van der Waals surface area (Å²) >= 11 is 0.611. The van der Waals surface area contributed by atoms with E-state index in [0.29, 0.717) is 25.2 Å². The zero-order valence-corrected chi connectivity index (χ0v) is 16.3. The molecule has 0 unspecified atom stereocenters. The van der Waals surface area contributed by atoms with E-state index >= 15 is 0 Å². The van der Waals surface area contributed by atoms with Crippen LogP contribution in [0.4, 0.5) is 0 Å². The average molecular weight is 499 g/mol. The Kier molecular flexibility index (Phi) is 10.4. The molecule has 0 saturated carbocycles. The van der Waals surface area contributed by atoms with Crippen LogP contribution in [0.3, 0.4) is 0 Å². The van der Waals surface area contributed by atoms with Crippen molar-refractivity contribution in [2.24, 2.45) is 0 Å². The van der Waals surface area contributed by atoms with Gasteiger partial charge in [-0.2, -0.15) is 7.05 Å². The van der Waals surface area contributed by atoms with Gasteiger partial charge < -0.3 is 15.0 Å². The van der Waals surface area contributed by atoms with Gasteiger partial charge in [0.25, 0.3) is 0 Å². The van der Waals surface area contributed by atoms with Crippen LogP contribution in [0.15, 0.2) is 60.8 Å². The molecule has 0 aliphatic heterocycles. The van der Waals surface area contributed by atoms with Crippen molar-refractivity contribution in [3.8, 4) is 5.75 Å². The van der Waals surface area contributed by atoms with Crippen LogP contribution in [-0.4, -0.2) is 18.6 Å². The molecule has 0 aliphatic rings. The van der Waals surface area contributed by atoms with Crippen LogP contribution in [0.5, 0.6) is 5.75 Å². The summed E-state index contributed by atoms with van der Waals surface area (Å²) in [7, 11) is 1.83. The number of rotatable bonds is 4. The van der Waals surface area contributed by atoms with E-state index in [0.717, 1.165) is 23.2 Å². The van der Waals surface area contributed by atoms with Gasteiger partial charge in [0, 0.05) is 11.7 Å². The second-order valence-corrected chi connectivity index (χ2v) is 4.63. The molecule has 1 heterocycles. The summed E-state index contributed by atoms with van der Waals surface area (Å²) < 4.78 is 13.7. The van der Waals surface area contributed by atoms with E-state index in [2.05, 4.69) is 28.5 Å². The Morgan fingerprint density at radius 1 is 1.12 bits per heavy atom. The number of ether oxygens (including phenoxy) is 1. The zero-order valence-electron chi connectivity index (χ0n) is 13.8. The molecule has 0 N–H and O–H groups in total. The van der Waals surface area contributed by atoms with E-state index in [9.17, 15) is 0 Å². The number of benzene rings is 2. The van der Waals surface area contributed by atoms with E-state index in [1.54, 1.807) is 6.20 Å². The number of aromatic nitrogens is 1. The van der Waals surface area contributed by atoms with E-state index in [1.807, 2.05) is 56.4 Å². The van der Waals surface area contributed by atoms with Crippen LogP contribution in [0.25, 0.3) is 16.2 Å². The molecule has 3 aromatic rings. The van der Waals surface area contributed by atoms with Crippen LogP contribution in [0.1, 0.15) is 12.5 Å². The van der Waals surface area contributed by atoms with E-state index in [-0.39, 0.29) is 0 Å². The Hall–Kier alpha value is -1.95. The molecule has 0 bridgehead atoms. The predicted octanol–water partition coefficient (Wildman–Crippen LogP) is 4.50. The van der Waals surface area contributed by atoms with Gasteiger partial charge in [0.1, 0.15) is 0 Å². The first-order valence-electron chi connectivity index (χ1n) is 7.47. The van der Waals surface area contributed by atoms with Gasteiger partial charge in [0.05, 0.1) is 12.4 Å². The Labute approximate surface area is 153 Å². The van der Waals surface area contributed by atoms with E-state index in [4.69, 9.17) is 8.28 Å². The van der Waals surface area contributed by atoms with Crippen LogP contribution >= 0.6 is 0 Å². The van der Waals surface area contributed by atoms with Crippen molar-refractivity contribution in [2.45, 2.75) is 13.5 Å². The van der Waals surface area contributed by atoms with Crippen LogP contribution in [-0.2, 0) is 28.6 Å². The third-order valence-corrected chi connectivity index (χ3v) is 3.00. The second-order valence-electron chi connectivity index (χ2n) is 4.63. The molecular weight excluding hydrogens is 478 g/mol. The molecule has 5 heteroatoms. The molecule has 2 aromatic carbocycles. The number of fused-ring (bicyclic) bond motifs is 1. The summed E-state index contributed by atoms with van der Waals surface area (Å²) in [5.41, 5.74) is 2.16. The first-order valence-corrected chi connectivity index (χ1v) is 8.51. The summed E-state index contributed by atoms with van der Waals surface area (Å²) in [6.07, 6.45) is 1.76. The first kappa shape index (κ1) is 20.1. The van der Waals surface area contributed by atoms with Crippen molar-refractivity contribution in [3.63, 3.8) is 0 Å². The van der Waals surface area contributed by atoms with Gasteiger partial charge in [-0.15, -0.1) is 30.1 Å². The molecule has 3 rings (SSSR count). The molecule has 0 amide bonds. The molecule has 0 saturated heterocycles. The first-order chi connectivity index (χ1) is 11.8. The zero-order chi connectivity index (χ0) is 17.6. The van der Waals surface area contributed by atoms with Gasteiger partial charge in [-0.3, -0.25) is 0 Å². The third kappa shape index (κ3) is 6.66. The van der Waals surface area contributed by atoms with Gasteiger partial charge >= 0.3 is 22.1 Å². The van der Waals surface area contributed by atoms with Crippen molar-refractivity contribution in [1.82, 2.24) is 4.98 Å². The summed E-state index contributed by atoms with van der Waals surface area (Å²) in [4.78, 5) is 4.24. The molecule has 0 fully saturated rings. The van der Waals surface area contributed by atoms with Gasteiger partial charge in [-0.05, 0) is 6.92 Å². The molecule has 0 spiro atoms. The maximum atomic E-state index is 8.28. The van der Waals surface area contributed by atoms with Crippen LogP contribution in [0.2, 0.25) is 0 Å². The van der Waals surface area contributed by atoms with Gasteiger partial charge in [-0.1, -0.05) is 48.0 Å². The predicted molar refractivity (Wildman–Crippen MR) is 91.9 cm³/mol. The Bertz CT molecular complexity index is 703. The fraction of sp³-hybridized carbons (Fsp3) is 0.211. The fourth-order valence-corrected chi connectivity index (χ4v) is 2.04. The van der Waals surface area contributed by atoms with Crippen molar-refractivity contribution in [2.75, 3.05) is 13.7 Å². The Morgan fingerprint density at radius 2 is 1.88 bits per heavy atom. The topological polar surface area (TPSA) is 53.3 Å². The minimum atomic E-state index is 0.611. The molecule has 0 aliphatic carbocycles. The van der Waals surface area contributed by atoms with Crippen molar-refractivity contribution < 1.29 is 26.8 Å². The number of hydrogen-bond donors (Lipinski definition) is 0. The molecule has 24 heavy (non-hydrogen) atoms. The number of hydrogen-bond acceptors (Lipinski definition) is 3. The standard InChI is InChI=1S/C11H10NO.C8H10N.O.Os/c1-2-13-10-7-3-5-9-6-4-8-12-11(9)10;1-9-7-8-5-3-2-4-6-8;;/h3-4,6-8H,2H2,1H3;2-6H,7H2,1H3;;/q2*-1;;. The summed E-state index contributed by atoms with van der Waals surface area (Å²) in [5.74, 6) is 0.830. The quantitative estimate of drug-likeness (QED) is 0.498. The van der Waals surface area contributed by atoms with Crippen molar-refractivity contribution >= 4 is 10.9 Å². The average Bonchev–Trinajstić information content (AvgIpc) is 2.66. The van der Waals surface area contributed by atoms with E-state index in [1.165, 1.54) is 5.56 Å². The van der Waals surface area contributed by atoms with Gasteiger partial charge in [0.15, 0.2) is 0 Å². The van der Waals surface area contributed by atoms with E-state index < -0.39 is 0 Å². The van der Waals surface area contributed by atoms with Crippen LogP contribution < -0.4 is 4.74 Å². The Morgan fingerprint density at radius 3 is 2.54 bits per heavy atom. The monoisotopic (exact) mass is 500 g/mol. The molecule has 1 aromatic heterocycles. The van der Waals surface area contributed by atoms with Crippen molar-refractivity contribution in [3.05, 3.63) is 77.7 Å². The fourth-order valence-electron chi connectivity index (χ4n) is 2.04. The minimum absolute atomic E-state index is 0.611. The maximum absolute atomic E-state index is 8.28. The summed E-state index contributed by atoms with van der Waals surface area (Å²) in [6, 6.07) is 20.9. The molecule has 0 atom stereocenters. The number of pyridine rings is 1. The third-order valence-electron chi connectivity index (χ3n) is 3.00. The summed E-state index contributed by atoms with van der Waals surface area (Å²) in [5, 5.41) is 5.00.